The van der Waals surface area contributed by atoms with E-state index in [1.54, 1.807) is 16.9 Å². The van der Waals surface area contributed by atoms with Crippen molar-refractivity contribution in [2.75, 3.05) is 11.9 Å². The maximum Gasteiger partial charge on any atom is 0.314 e. The van der Waals surface area contributed by atoms with Crippen LogP contribution < -0.4 is 10.6 Å². The van der Waals surface area contributed by atoms with E-state index in [-0.39, 0.29) is 0 Å². The van der Waals surface area contributed by atoms with E-state index < -0.39 is 11.8 Å². The molecule has 2 aromatic carbocycles. The second kappa shape index (κ2) is 8.11. The number of amides is 2. The van der Waals surface area contributed by atoms with Crippen LogP contribution in [0.3, 0.4) is 0 Å². The van der Waals surface area contributed by atoms with Crippen LogP contribution in [-0.2, 0) is 16.0 Å². The molecule has 0 aliphatic heterocycles. The minimum Gasteiger partial charge on any atom is -0.347 e. The van der Waals surface area contributed by atoms with Crippen molar-refractivity contribution in [2.45, 2.75) is 13.3 Å². The normalized spacial score (nSPS) is 10.3. The van der Waals surface area contributed by atoms with Crippen molar-refractivity contribution in [3.8, 4) is 5.69 Å². The molecule has 0 spiro atoms. The molecule has 0 fully saturated rings. The van der Waals surface area contributed by atoms with Gasteiger partial charge in [0.25, 0.3) is 0 Å². The third-order valence-corrected chi connectivity index (χ3v) is 3.84. The van der Waals surface area contributed by atoms with Crippen LogP contribution in [0, 0.1) is 6.92 Å². The average Bonchev–Trinajstić information content (AvgIpc) is 3.11. The molecule has 0 aliphatic carbocycles. The fraction of sp³-hybridized carbons (Fsp3) is 0.150. The predicted molar refractivity (Wildman–Crippen MR) is 100 cm³/mol. The van der Waals surface area contributed by atoms with E-state index in [4.69, 9.17) is 0 Å². The van der Waals surface area contributed by atoms with Gasteiger partial charge in [0.05, 0.1) is 5.69 Å². The molecule has 0 saturated carbocycles. The van der Waals surface area contributed by atoms with E-state index in [2.05, 4.69) is 21.8 Å². The Kier molecular flexibility index (Phi) is 5.43. The van der Waals surface area contributed by atoms with Gasteiger partial charge in [-0.15, -0.1) is 0 Å². The van der Waals surface area contributed by atoms with Gasteiger partial charge >= 0.3 is 11.8 Å². The molecule has 0 bridgehead atoms. The topological polar surface area (TPSA) is 76.0 Å². The number of para-hydroxylation sites is 1. The summed E-state index contributed by atoms with van der Waals surface area (Å²) in [4.78, 5) is 23.9. The van der Waals surface area contributed by atoms with Crippen LogP contribution in [0.25, 0.3) is 5.69 Å². The van der Waals surface area contributed by atoms with Crippen molar-refractivity contribution in [1.82, 2.24) is 15.1 Å². The highest BCUT2D eigenvalue weighted by atomic mass is 16.2. The van der Waals surface area contributed by atoms with Gasteiger partial charge in [0, 0.05) is 18.8 Å². The Hall–Kier alpha value is -3.41. The van der Waals surface area contributed by atoms with Gasteiger partial charge in [-0.3, -0.25) is 9.59 Å². The van der Waals surface area contributed by atoms with Gasteiger partial charge in [-0.25, -0.2) is 4.68 Å². The lowest BCUT2D eigenvalue weighted by atomic mass is 10.1. The van der Waals surface area contributed by atoms with E-state index in [0.717, 1.165) is 11.3 Å². The smallest absolute Gasteiger partial charge is 0.314 e. The number of carbonyl (C=O) groups is 2. The Morgan fingerprint density at radius 2 is 1.81 bits per heavy atom. The molecule has 26 heavy (non-hydrogen) atoms. The van der Waals surface area contributed by atoms with Gasteiger partial charge < -0.3 is 10.6 Å². The molecule has 0 saturated heterocycles. The number of benzene rings is 2. The molecule has 6 heteroatoms. The van der Waals surface area contributed by atoms with Crippen molar-refractivity contribution in [3.63, 3.8) is 0 Å². The van der Waals surface area contributed by atoms with E-state index in [9.17, 15) is 9.59 Å². The van der Waals surface area contributed by atoms with Gasteiger partial charge in [-0.05, 0) is 31.0 Å². The largest absolute Gasteiger partial charge is 0.347 e. The van der Waals surface area contributed by atoms with Gasteiger partial charge in [0.2, 0.25) is 0 Å². The molecule has 2 N–H and O–H groups in total. The highest BCUT2D eigenvalue weighted by molar-refractivity contribution is 6.39. The summed E-state index contributed by atoms with van der Waals surface area (Å²) in [6.45, 7) is 2.41. The molecule has 6 nitrogen and oxygen atoms in total. The lowest BCUT2D eigenvalue weighted by Crippen LogP contribution is -2.36. The lowest BCUT2D eigenvalue weighted by Gasteiger charge is -2.06. The first kappa shape index (κ1) is 17.4. The maximum atomic E-state index is 12.0. The number of carbonyl (C=O) groups excluding carboxylic acids is 2. The molecule has 0 atom stereocenters. The average molecular weight is 348 g/mol. The van der Waals surface area contributed by atoms with Crippen molar-refractivity contribution in [3.05, 3.63) is 78.0 Å². The third-order valence-electron chi connectivity index (χ3n) is 3.84. The lowest BCUT2D eigenvalue weighted by molar-refractivity contribution is -0.136. The highest BCUT2D eigenvalue weighted by Crippen LogP contribution is 2.09. The number of hydrogen-bond donors (Lipinski definition) is 2. The molecule has 3 aromatic rings. The Bertz CT molecular complexity index is 903. The van der Waals surface area contributed by atoms with E-state index in [1.165, 1.54) is 5.56 Å². The molecule has 0 unspecified atom stereocenters. The highest BCUT2D eigenvalue weighted by Gasteiger charge is 2.14. The second-order valence-corrected chi connectivity index (χ2v) is 5.93. The Morgan fingerprint density at radius 1 is 1.00 bits per heavy atom. The monoisotopic (exact) mass is 348 g/mol. The van der Waals surface area contributed by atoms with Gasteiger partial charge in [-0.2, -0.15) is 5.10 Å². The first-order chi connectivity index (χ1) is 12.6. The number of anilines is 1. The maximum absolute atomic E-state index is 12.0. The van der Waals surface area contributed by atoms with Crippen molar-refractivity contribution in [2.24, 2.45) is 0 Å². The number of nitrogens with zero attached hydrogens (tertiary/aromatic N) is 2. The zero-order valence-electron chi connectivity index (χ0n) is 14.5. The minimum absolute atomic E-state index is 0.327. The number of nitrogens with one attached hydrogen (secondary N) is 2. The summed E-state index contributed by atoms with van der Waals surface area (Å²) in [5.41, 5.74) is 3.16. The summed E-state index contributed by atoms with van der Waals surface area (Å²) in [6.07, 6.45) is 2.39. The van der Waals surface area contributed by atoms with E-state index in [0.29, 0.717) is 18.8 Å². The standard InChI is InChI=1S/C20H20N4O2/c1-15-6-5-7-16(14-15)10-12-21-19(25)20(26)22-18-11-13-24(23-18)17-8-3-2-4-9-17/h2-9,11,13-14H,10,12H2,1H3,(H,21,25)(H,22,23,26). The minimum atomic E-state index is -0.729. The number of hydrogen-bond acceptors (Lipinski definition) is 3. The molecule has 1 aromatic heterocycles. The summed E-state index contributed by atoms with van der Waals surface area (Å²) in [5, 5.41) is 9.38. The van der Waals surface area contributed by atoms with Crippen molar-refractivity contribution < 1.29 is 9.59 Å². The molecule has 3 rings (SSSR count). The number of aromatic nitrogens is 2. The zero-order chi connectivity index (χ0) is 18.4. The second-order valence-electron chi connectivity index (χ2n) is 5.93. The van der Waals surface area contributed by atoms with Crippen LogP contribution in [0.5, 0.6) is 0 Å². The molecular weight excluding hydrogens is 328 g/mol. The van der Waals surface area contributed by atoms with Gasteiger partial charge in [0.1, 0.15) is 0 Å². The van der Waals surface area contributed by atoms with Crippen molar-refractivity contribution >= 4 is 17.6 Å². The quantitative estimate of drug-likeness (QED) is 0.696. The summed E-state index contributed by atoms with van der Waals surface area (Å²) in [7, 11) is 0. The molecule has 0 aliphatic rings. The van der Waals surface area contributed by atoms with Crippen LogP contribution in [0.2, 0.25) is 0 Å². The summed E-state index contributed by atoms with van der Waals surface area (Å²) >= 11 is 0. The van der Waals surface area contributed by atoms with Crippen LogP contribution in [-0.4, -0.2) is 28.1 Å². The van der Waals surface area contributed by atoms with Gasteiger partial charge in [-0.1, -0.05) is 48.0 Å². The van der Waals surface area contributed by atoms with Crippen molar-refractivity contribution in [1.29, 1.82) is 0 Å². The predicted octanol–water partition coefficient (Wildman–Crippen LogP) is 2.48. The number of rotatable bonds is 5. The van der Waals surface area contributed by atoms with Crippen LogP contribution in [0.4, 0.5) is 5.82 Å². The Morgan fingerprint density at radius 3 is 2.58 bits per heavy atom. The van der Waals surface area contributed by atoms with E-state index >= 15 is 0 Å². The molecule has 132 valence electrons. The summed E-state index contributed by atoms with van der Waals surface area (Å²) < 4.78 is 1.63. The molecular formula is C20H20N4O2. The van der Waals surface area contributed by atoms with Gasteiger partial charge in [0.15, 0.2) is 5.82 Å². The fourth-order valence-electron chi connectivity index (χ4n) is 2.56. The summed E-state index contributed by atoms with van der Waals surface area (Å²) in [6, 6.07) is 19.2. The first-order valence-electron chi connectivity index (χ1n) is 8.37. The zero-order valence-corrected chi connectivity index (χ0v) is 14.5. The first-order valence-corrected chi connectivity index (χ1v) is 8.37. The summed E-state index contributed by atoms with van der Waals surface area (Å²) in [5.74, 6) is -1.08. The Balaban J connectivity index is 1.50. The third kappa shape index (κ3) is 4.57. The van der Waals surface area contributed by atoms with E-state index in [1.807, 2.05) is 55.5 Å². The van der Waals surface area contributed by atoms with Crippen LogP contribution in [0.15, 0.2) is 66.9 Å². The molecule has 0 radical (unpaired) electrons. The van der Waals surface area contributed by atoms with Crippen LogP contribution >= 0.6 is 0 Å². The molecule has 1 heterocycles. The molecule has 2 amide bonds. The fourth-order valence-corrected chi connectivity index (χ4v) is 2.56. The SMILES string of the molecule is Cc1cccc(CCNC(=O)C(=O)Nc2ccn(-c3ccccc3)n2)c1. The Labute approximate surface area is 151 Å². The number of aryl methyl sites for hydroxylation is 1. The van der Waals surface area contributed by atoms with Crippen LogP contribution in [0.1, 0.15) is 11.1 Å².